The Morgan fingerprint density at radius 3 is 2.54 bits per heavy atom. The number of nitrogens with zero attached hydrogens (tertiary/aromatic N) is 2. The first-order valence-corrected chi connectivity index (χ1v) is 3.61. The first kappa shape index (κ1) is 10.2. The summed E-state index contributed by atoms with van der Waals surface area (Å²) in [7, 11) is 0. The predicted octanol–water partition coefficient (Wildman–Crippen LogP) is 1.61. The molecule has 0 atom stereocenters. The molecule has 0 aliphatic heterocycles. The first-order chi connectivity index (χ1) is 5.95. The summed E-state index contributed by atoms with van der Waals surface area (Å²) < 4.78 is 36.6. The Labute approximate surface area is 76.7 Å². The summed E-state index contributed by atoms with van der Waals surface area (Å²) in [4.78, 5) is 6.46. The van der Waals surface area contributed by atoms with E-state index >= 15 is 0 Å². The molecule has 0 aromatic carbocycles. The lowest BCUT2D eigenvalue weighted by Gasteiger charge is -2.09. The van der Waals surface area contributed by atoms with Crippen LogP contribution in [-0.2, 0) is 12.7 Å². The maximum absolute atomic E-state index is 12.2. The van der Waals surface area contributed by atoms with Gasteiger partial charge in [0.25, 0.3) is 0 Å². The van der Waals surface area contributed by atoms with Crippen LogP contribution < -0.4 is 5.73 Å². The van der Waals surface area contributed by atoms with E-state index in [4.69, 9.17) is 17.3 Å². The van der Waals surface area contributed by atoms with E-state index in [0.717, 1.165) is 6.20 Å². The summed E-state index contributed by atoms with van der Waals surface area (Å²) in [6, 6.07) is 0. The molecule has 0 bridgehead atoms. The van der Waals surface area contributed by atoms with Crippen LogP contribution in [0.3, 0.4) is 0 Å². The molecule has 7 heteroatoms. The molecule has 1 rings (SSSR count). The summed E-state index contributed by atoms with van der Waals surface area (Å²) in [6.45, 7) is -0.272. The van der Waals surface area contributed by atoms with E-state index in [0.29, 0.717) is 0 Å². The zero-order valence-corrected chi connectivity index (χ0v) is 7.02. The van der Waals surface area contributed by atoms with Gasteiger partial charge < -0.3 is 5.73 Å². The molecule has 1 heterocycles. The monoisotopic (exact) mass is 211 g/mol. The number of nitrogens with two attached hydrogens (primary N) is 1. The number of hydrogen-bond acceptors (Lipinski definition) is 3. The zero-order valence-electron chi connectivity index (χ0n) is 6.27. The summed E-state index contributed by atoms with van der Waals surface area (Å²) >= 11 is 5.22. The Kier molecular flexibility index (Phi) is 2.72. The van der Waals surface area contributed by atoms with Crippen molar-refractivity contribution in [2.24, 2.45) is 5.73 Å². The van der Waals surface area contributed by atoms with Gasteiger partial charge in [0.2, 0.25) is 5.28 Å². The first-order valence-electron chi connectivity index (χ1n) is 3.24. The predicted molar refractivity (Wildman–Crippen MR) is 39.9 cm³/mol. The van der Waals surface area contributed by atoms with Crippen LogP contribution in [-0.4, -0.2) is 9.97 Å². The van der Waals surface area contributed by atoms with Gasteiger partial charge in [-0.05, 0) is 11.6 Å². The topological polar surface area (TPSA) is 51.8 Å². The number of halogens is 4. The van der Waals surface area contributed by atoms with Gasteiger partial charge in [0, 0.05) is 18.3 Å². The fourth-order valence-corrected chi connectivity index (χ4v) is 0.913. The molecule has 1 aromatic heterocycles. The third-order valence-electron chi connectivity index (χ3n) is 1.32. The summed E-state index contributed by atoms with van der Waals surface area (Å²) in [5.41, 5.74) is 3.83. The molecule has 1 aromatic rings. The van der Waals surface area contributed by atoms with Gasteiger partial charge >= 0.3 is 6.18 Å². The standard InChI is InChI=1S/C6H5ClF3N3/c7-5-12-2-3(1-11)4(13-5)6(8,9)10/h2H,1,11H2. The van der Waals surface area contributed by atoms with Gasteiger partial charge in [0.1, 0.15) is 0 Å². The summed E-state index contributed by atoms with van der Waals surface area (Å²) in [6.07, 6.45) is -3.57. The van der Waals surface area contributed by atoms with Crippen molar-refractivity contribution >= 4 is 11.6 Å². The third kappa shape index (κ3) is 2.28. The molecule has 2 N–H and O–H groups in total. The van der Waals surface area contributed by atoms with E-state index in [1.165, 1.54) is 0 Å². The van der Waals surface area contributed by atoms with Crippen molar-refractivity contribution in [2.75, 3.05) is 0 Å². The number of rotatable bonds is 1. The molecule has 0 amide bonds. The van der Waals surface area contributed by atoms with E-state index in [2.05, 4.69) is 9.97 Å². The van der Waals surface area contributed by atoms with Crippen LogP contribution in [0.15, 0.2) is 6.20 Å². The molecule has 0 aliphatic carbocycles. The minimum Gasteiger partial charge on any atom is -0.326 e. The number of aromatic nitrogens is 2. The van der Waals surface area contributed by atoms with Gasteiger partial charge in [0.05, 0.1) is 0 Å². The molecule has 72 valence electrons. The Hall–Kier alpha value is -0.880. The SMILES string of the molecule is NCc1cnc(Cl)nc1C(F)(F)F. The van der Waals surface area contributed by atoms with Crippen molar-refractivity contribution in [1.29, 1.82) is 0 Å². The fraction of sp³-hybridized carbons (Fsp3) is 0.333. The van der Waals surface area contributed by atoms with Crippen molar-refractivity contribution in [1.82, 2.24) is 9.97 Å². The van der Waals surface area contributed by atoms with Gasteiger partial charge in [-0.2, -0.15) is 13.2 Å². The highest BCUT2D eigenvalue weighted by atomic mass is 35.5. The third-order valence-corrected chi connectivity index (χ3v) is 1.51. The number of alkyl halides is 3. The highest BCUT2D eigenvalue weighted by Gasteiger charge is 2.35. The van der Waals surface area contributed by atoms with E-state index in [1.807, 2.05) is 0 Å². The highest BCUT2D eigenvalue weighted by Crippen LogP contribution is 2.30. The summed E-state index contributed by atoms with van der Waals surface area (Å²) in [5, 5.41) is -0.440. The Balaban J connectivity index is 3.24. The average Bonchev–Trinajstić information content (AvgIpc) is 2.03. The lowest BCUT2D eigenvalue weighted by Crippen LogP contribution is -2.15. The molecular formula is C6H5ClF3N3. The van der Waals surface area contributed by atoms with Crippen molar-refractivity contribution < 1.29 is 13.2 Å². The second kappa shape index (κ2) is 3.47. The van der Waals surface area contributed by atoms with Crippen LogP contribution in [0.25, 0.3) is 0 Å². The molecule has 13 heavy (non-hydrogen) atoms. The summed E-state index contributed by atoms with van der Waals surface area (Å²) in [5.74, 6) is 0. The molecule has 0 spiro atoms. The normalized spacial score (nSPS) is 11.8. The molecule has 0 saturated heterocycles. The maximum Gasteiger partial charge on any atom is 0.433 e. The molecular weight excluding hydrogens is 207 g/mol. The van der Waals surface area contributed by atoms with Crippen molar-refractivity contribution in [3.63, 3.8) is 0 Å². The largest absolute Gasteiger partial charge is 0.433 e. The van der Waals surface area contributed by atoms with E-state index in [-0.39, 0.29) is 12.1 Å². The van der Waals surface area contributed by atoms with Crippen LogP contribution in [0.5, 0.6) is 0 Å². The van der Waals surface area contributed by atoms with Crippen LogP contribution in [0, 0.1) is 0 Å². The Bertz CT molecular complexity index is 312. The molecule has 0 unspecified atom stereocenters. The second-order valence-corrected chi connectivity index (χ2v) is 2.55. The lowest BCUT2D eigenvalue weighted by molar-refractivity contribution is -0.141. The van der Waals surface area contributed by atoms with E-state index in [1.54, 1.807) is 0 Å². The Morgan fingerprint density at radius 1 is 1.46 bits per heavy atom. The quantitative estimate of drug-likeness (QED) is 0.718. The van der Waals surface area contributed by atoms with Gasteiger partial charge in [-0.25, -0.2) is 9.97 Å². The molecule has 3 nitrogen and oxygen atoms in total. The van der Waals surface area contributed by atoms with E-state index in [9.17, 15) is 13.2 Å². The smallest absolute Gasteiger partial charge is 0.326 e. The highest BCUT2D eigenvalue weighted by molar-refractivity contribution is 6.28. The van der Waals surface area contributed by atoms with Gasteiger partial charge in [-0.3, -0.25) is 0 Å². The maximum atomic E-state index is 12.2. The molecule has 0 aliphatic rings. The van der Waals surface area contributed by atoms with Gasteiger partial charge in [-0.1, -0.05) is 0 Å². The molecule has 0 saturated carbocycles. The average molecular weight is 212 g/mol. The minimum absolute atomic E-state index is 0.170. The van der Waals surface area contributed by atoms with E-state index < -0.39 is 17.2 Å². The van der Waals surface area contributed by atoms with Crippen molar-refractivity contribution in [3.05, 3.63) is 22.7 Å². The fourth-order valence-electron chi connectivity index (χ4n) is 0.780. The van der Waals surface area contributed by atoms with Crippen LogP contribution in [0.2, 0.25) is 5.28 Å². The molecule has 0 fully saturated rings. The molecule has 0 radical (unpaired) electrons. The van der Waals surface area contributed by atoms with Gasteiger partial charge in [-0.15, -0.1) is 0 Å². The Morgan fingerprint density at radius 2 is 2.08 bits per heavy atom. The number of hydrogen-bond donors (Lipinski definition) is 1. The van der Waals surface area contributed by atoms with Crippen LogP contribution in [0.4, 0.5) is 13.2 Å². The lowest BCUT2D eigenvalue weighted by atomic mass is 10.2. The second-order valence-electron chi connectivity index (χ2n) is 2.21. The van der Waals surface area contributed by atoms with Gasteiger partial charge in [0.15, 0.2) is 5.69 Å². The minimum atomic E-state index is -4.54. The van der Waals surface area contributed by atoms with Crippen LogP contribution in [0.1, 0.15) is 11.3 Å². The zero-order chi connectivity index (χ0) is 10.1. The van der Waals surface area contributed by atoms with Crippen molar-refractivity contribution in [3.8, 4) is 0 Å². The van der Waals surface area contributed by atoms with Crippen LogP contribution >= 0.6 is 11.6 Å². The van der Waals surface area contributed by atoms with Crippen molar-refractivity contribution in [2.45, 2.75) is 12.7 Å².